The van der Waals surface area contributed by atoms with E-state index in [4.69, 9.17) is 9.47 Å². The van der Waals surface area contributed by atoms with Gasteiger partial charge < -0.3 is 9.47 Å². The number of esters is 2. The largest absolute Gasteiger partial charge is 0.465 e. The summed E-state index contributed by atoms with van der Waals surface area (Å²) in [5, 5.41) is 0. The van der Waals surface area contributed by atoms with Gasteiger partial charge in [-0.05, 0) is 73.0 Å². The van der Waals surface area contributed by atoms with E-state index in [-0.39, 0.29) is 6.42 Å². The van der Waals surface area contributed by atoms with Gasteiger partial charge in [0, 0.05) is 0 Å². The summed E-state index contributed by atoms with van der Waals surface area (Å²) in [7, 11) is 0. The predicted molar refractivity (Wildman–Crippen MR) is 126 cm³/mol. The monoisotopic (exact) mass is 436 g/mol. The van der Waals surface area contributed by atoms with Crippen LogP contribution in [0.15, 0.2) is 0 Å². The molecule has 0 heterocycles. The third-order valence-corrected chi connectivity index (χ3v) is 8.06. The van der Waals surface area contributed by atoms with E-state index in [2.05, 4.69) is 41.5 Å². The molecule has 0 aromatic heterocycles. The Labute approximate surface area is 191 Å². The average molecular weight is 437 g/mol. The molecule has 180 valence electrons. The zero-order valence-electron chi connectivity index (χ0n) is 21.1. The molecule has 0 aromatic rings. The first-order chi connectivity index (χ1) is 14.5. The molecule has 0 aliphatic heterocycles. The third kappa shape index (κ3) is 9.53. The first-order valence-corrected chi connectivity index (χ1v) is 12.8. The molecule has 4 unspecified atom stereocenters. The number of ether oxygens (including phenoxy) is 2. The van der Waals surface area contributed by atoms with Crippen molar-refractivity contribution in [1.29, 1.82) is 0 Å². The van der Waals surface area contributed by atoms with Crippen LogP contribution in [0, 0.1) is 34.5 Å². The van der Waals surface area contributed by atoms with Gasteiger partial charge in [0.15, 0.2) is 0 Å². The highest BCUT2D eigenvalue weighted by molar-refractivity contribution is 5.91. The lowest BCUT2D eigenvalue weighted by atomic mass is 9.68. The lowest BCUT2D eigenvalue weighted by molar-refractivity contribution is -0.155. The molecule has 4 heteroatoms. The molecule has 0 saturated heterocycles. The van der Waals surface area contributed by atoms with E-state index < -0.39 is 11.9 Å². The maximum Gasteiger partial charge on any atom is 0.317 e. The zero-order valence-corrected chi connectivity index (χ0v) is 21.1. The van der Waals surface area contributed by atoms with Crippen molar-refractivity contribution in [2.75, 3.05) is 13.2 Å². The normalized spacial score (nSPS) is 27.2. The summed E-state index contributed by atoms with van der Waals surface area (Å²) in [6.07, 6.45) is 11.8. The van der Waals surface area contributed by atoms with Crippen LogP contribution in [0.3, 0.4) is 0 Å². The zero-order chi connectivity index (χ0) is 23.1. The van der Waals surface area contributed by atoms with Crippen LogP contribution in [0.2, 0.25) is 0 Å². The fourth-order valence-electron chi connectivity index (χ4n) is 5.89. The molecule has 0 radical (unpaired) electrons. The van der Waals surface area contributed by atoms with E-state index in [1.807, 2.05) is 0 Å². The molecule has 2 aliphatic rings. The lowest BCUT2D eigenvalue weighted by Gasteiger charge is -2.38. The molecule has 0 spiro atoms. The summed E-state index contributed by atoms with van der Waals surface area (Å²) >= 11 is 0. The van der Waals surface area contributed by atoms with E-state index in [1.54, 1.807) is 0 Å². The van der Waals surface area contributed by atoms with E-state index in [0.29, 0.717) is 47.7 Å². The van der Waals surface area contributed by atoms with Crippen molar-refractivity contribution in [3.8, 4) is 0 Å². The van der Waals surface area contributed by atoms with Crippen molar-refractivity contribution in [1.82, 2.24) is 0 Å². The van der Waals surface area contributed by atoms with Gasteiger partial charge in [-0.25, -0.2) is 0 Å². The van der Waals surface area contributed by atoms with Gasteiger partial charge in [0.25, 0.3) is 0 Å². The summed E-state index contributed by atoms with van der Waals surface area (Å²) in [4.78, 5) is 24.0. The third-order valence-electron chi connectivity index (χ3n) is 8.06. The second kappa shape index (κ2) is 11.7. The Kier molecular flexibility index (Phi) is 9.89. The standard InChI is InChI=1S/C27H48O4/c1-20(22-9-7-13-26(3,4)18-22)11-15-30-24(28)17-25(29)31-16-12-21(2)23-10-8-14-27(5,6)19-23/h20-23H,7-19H2,1-6H3. The van der Waals surface area contributed by atoms with Crippen molar-refractivity contribution in [3.63, 3.8) is 0 Å². The van der Waals surface area contributed by atoms with E-state index in [9.17, 15) is 9.59 Å². The van der Waals surface area contributed by atoms with Crippen LogP contribution in [0.1, 0.15) is 112 Å². The molecule has 2 fully saturated rings. The smallest absolute Gasteiger partial charge is 0.317 e. The highest BCUT2D eigenvalue weighted by atomic mass is 16.6. The van der Waals surface area contributed by atoms with Crippen LogP contribution in [0.25, 0.3) is 0 Å². The minimum absolute atomic E-state index is 0.268. The van der Waals surface area contributed by atoms with Crippen molar-refractivity contribution in [2.45, 2.75) is 112 Å². The summed E-state index contributed by atoms with van der Waals surface area (Å²) in [6.45, 7) is 14.8. The second-order valence-electron chi connectivity index (χ2n) is 12.2. The molecule has 31 heavy (non-hydrogen) atoms. The summed E-state index contributed by atoms with van der Waals surface area (Å²) in [5.74, 6) is 1.61. The molecule has 0 N–H and O–H groups in total. The van der Waals surface area contributed by atoms with E-state index in [0.717, 1.165) is 12.8 Å². The van der Waals surface area contributed by atoms with E-state index in [1.165, 1.54) is 51.4 Å². The molecule has 0 aromatic carbocycles. The Bertz CT molecular complexity index is 530. The highest BCUT2D eigenvalue weighted by Gasteiger charge is 2.32. The van der Waals surface area contributed by atoms with Crippen molar-refractivity contribution in [2.24, 2.45) is 34.5 Å². The van der Waals surface area contributed by atoms with Crippen LogP contribution in [0.4, 0.5) is 0 Å². The summed E-state index contributed by atoms with van der Waals surface area (Å²) in [6, 6.07) is 0. The quantitative estimate of drug-likeness (QED) is 0.275. The number of hydrogen-bond acceptors (Lipinski definition) is 4. The number of rotatable bonds is 10. The molecule has 2 saturated carbocycles. The summed E-state index contributed by atoms with van der Waals surface area (Å²) in [5.41, 5.74) is 0.866. The van der Waals surface area contributed by atoms with Gasteiger partial charge in [-0.15, -0.1) is 0 Å². The number of carbonyl (C=O) groups excluding carboxylic acids is 2. The molecule has 2 aliphatic carbocycles. The molecular weight excluding hydrogens is 388 g/mol. The Morgan fingerprint density at radius 1 is 0.774 bits per heavy atom. The fourth-order valence-corrected chi connectivity index (χ4v) is 5.89. The lowest BCUT2D eigenvalue weighted by Crippen LogP contribution is -2.27. The van der Waals surface area contributed by atoms with Gasteiger partial charge in [0.1, 0.15) is 6.42 Å². The van der Waals surface area contributed by atoms with Gasteiger partial charge in [0.2, 0.25) is 0 Å². The first-order valence-electron chi connectivity index (χ1n) is 12.8. The number of hydrogen-bond donors (Lipinski definition) is 0. The predicted octanol–water partition coefficient (Wildman–Crippen LogP) is 6.95. The fraction of sp³-hybridized carbons (Fsp3) is 0.926. The maximum absolute atomic E-state index is 12.0. The molecule has 4 atom stereocenters. The maximum atomic E-state index is 12.0. The van der Waals surface area contributed by atoms with Crippen LogP contribution >= 0.6 is 0 Å². The van der Waals surface area contributed by atoms with Gasteiger partial charge in [-0.3, -0.25) is 9.59 Å². The molecule has 0 bridgehead atoms. The van der Waals surface area contributed by atoms with Crippen LogP contribution in [-0.4, -0.2) is 25.2 Å². The van der Waals surface area contributed by atoms with Crippen molar-refractivity contribution < 1.29 is 19.1 Å². The van der Waals surface area contributed by atoms with Gasteiger partial charge >= 0.3 is 11.9 Å². The average Bonchev–Trinajstić information content (AvgIpc) is 2.66. The molecule has 0 amide bonds. The Morgan fingerprint density at radius 3 is 1.52 bits per heavy atom. The van der Waals surface area contributed by atoms with Crippen LogP contribution in [0.5, 0.6) is 0 Å². The minimum atomic E-state index is -0.455. The topological polar surface area (TPSA) is 52.6 Å². The highest BCUT2D eigenvalue weighted by Crippen LogP contribution is 2.43. The molecular formula is C27H48O4. The van der Waals surface area contributed by atoms with Crippen LogP contribution < -0.4 is 0 Å². The Hall–Kier alpha value is -1.06. The Balaban J connectivity index is 1.57. The molecule has 4 nitrogen and oxygen atoms in total. The van der Waals surface area contributed by atoms with Gasteiger partial charge in [0.05, 0.1) is 13.2 Å². The van der Waals surface area contributed by atoms with Gasteiger partial charge in [-0.2, -0.15) is 0 Å². The Morgan fingerprint density at radius 2 is 1.16 bits per heavy atom. The van der Waals surface area contributed by atoms with Gasteiger partial charge in [-0.1, -0.05) is 67.2 Å². The van der Waals surface area contributed by atoms with Crippen LogP contribution in [-0.2, 0) is 19.1 Å². The first kappa shape index (κ1) is 26.2. The number of carbonyl (C=O) groups is 2. The summed E-state index contributed by atoms with van der Waals surface area (Å²) < 4.78 is 10.7. The van der Waals surface area contributed by atoms with E-state index >= 15 is 0 Å². The van der Waals surface area contributed by atoms with Crippen molar-refractivity contribution in [3.05, 3.63) is 0 Å². The second-order valence-corrected chi connectivity index (χ2v) is 12.2. The SMILES string of the molecule is CC(CCOC(=O)CC(=O)OCCC(C)C1CCCC(C)(C)C1)C1CCCC(C)(C)C1. The minimum Gasteiger partial charge on any atom is -0.465 e. The van der Waals surface area contributed by atoms with Crippen molar-refractivity contribution >= 4 is 11.9 Å². The molecule has 2 rings (SSSR count).